The zero-order valence-corrected chi connectivity index (χ0v) is 11.2. The van der Waals surface area contributed by atoms with Gasteiger partial charge in [0.15, 0.2) is 0 Å². The highest BCUT2D eigenvalue weighted by molar-refractivity contribution is 5.82. The van der Waals surface area contributed by atoms with Gasteiger partial charge in [-0.2, -0.15) is 0 Å². The van der Waals surface area contributed by atoms with E-state index in [2.05, 4.69) is 6.92 Å². The first kappa shape index (κ1) is 13.3. The van der Waals surface area contributed by atoms with E-state index in [1.807, 2.05) is 31.2 Å². The molecule has 98 valence electrons. The van der Waals surface area contributed by atoms with Gasteiger partial charge in [0.1, 0.15) is 5.78 Å². The second-order valence-electron chi connectivity index (χ2n) is 5.41. The summed E-state index contributed by atoms with van der Waals surface area (Å²) in [5.41, 5.74) is 2.05. The van der Waals surface area contributed by atoms with Crippen LogP contribution in [0.3, 0.4) is 0 Å². The number of hydrogen-bond donors (Lipinski definition) is 1. The molecule has 0 amide bonds. The van der Waals surface area contributed by atoms with E-state index in [1.165, 1.54) is 5.56 Å². The molecule has 1 saturated carbocycles. The van der Waals surface area contributed by atoms with Crippen molar-refractivity contribution in [3.8, 4) is 0 Å². The number of hydrogen-bond acceptors (Lipinski definition) is 2. The molecule has 0 radical (unpaired) electrons. The van der Waals surface area contributed by atoms with Gasteiger partial charge in [0.25, 0.3) is 0 Å². The molecule has 0 heterocycles. The summed E-state index contributed by atoms with van der Waals surface area (Å²) in [6, 6.07) is 7.86. The van der Waals surface area contributed by atoms with Crippen molar-refractivity contribution in [3.63, 3.8) is 0 Å². The molecule has 1 N–H and O–H groups in total. The van der Waals surface area contributed by atoms with Crippen molar-refractivity contribution in [1.82, 2.24) is 0 Å². The SMILES string of the molecule is CC[C@H]1CCCC(=O)[C@@H]1[C@H](O)c1ccc(C)cc1. The molecule has 0 bridgehead atoms. The van der Waals surface area contributed by atoms with Crippen molar-refractivity contribution in [2.75, 3.05) is 0 Å². The lowest BCUT2D eigenvalue weighted by Gasteiger charge is -2.33. The highest BCUT2D eigenvalue weighted by atomic mass is 16.3. The number of aliphatic hydroxyl groups excluding tert-OH is 1. The smallest absolute Gasteiger partial charge is 0.139 e. The molecule has 1 aliphatic rings. The Kier molecular flexibility index (Phi) is 4.18. The molecule has 0 unspecified atom stereocenters. The fraction of sp³-hybridized carbons (Fsp3) is 0.562. The van der Waals surface area contributed by atoms with Gasteiger partial charge in [0.05, 0.1) is 12.0 Å². The van der Waals surface area contributed by atoms with Crippen LogP contribution in [0.4, 0.5) is 0 Å². The van der Waals surface area contributed by atoms with Gasteiger partial charge in [0.2, 0.25) is 0 Å². The van der Waals surface area contributed by atoms with E-state index < -0.39 is 6.10 Å². The number of carbonyl (C=O) groups is 1. The standard InChI is InChI=1S/C16H22O2/c1-3-12-5-4-6-14(17)15(12)16(18)13-9-7-11(2)8-10-13/h7-10,12,15-16,18H,3-6H2,1-2H3/t12-,15+,16+/m0/s1. The van der Waals surface area contributed by atoms with Crippen molar-refractivity contribution in [2.24, 2.45) is 11.8 Å². The van der Waals surface area contributed by atoms with Gasteiger partial charge in [-0.1, -0.05) is 43.2 Å². The topological polar surface area (TPSA) is 37.3 Å². The fourth-order valence-electron chi connectivity index (χ4n) is 3.01. The van der Waals surface area contributed by atoms with Gasteiger partial charge in [0, 0.05) is 6.42 Å². The monoisotopic (exact) mass is 246 g/mol. The molecule has 0 aliphatic heterocycles. The Labute approximate surface area is 109 Å². The normalized spacial score (nSPS) is 26.1. The molecule has 2 nitrogen and oxygen atoms in total. The van der Waals surface area contributed by atoms with E-state index in [-0.39, 0.29) is 11.7 Å². The van der Waals surface area contributed by atoms with E-state index in [1.54, 1.807) is 0 Å². The molecule has 18 heavy (non-hydrogen) atoms. The van der Waals surface area contributed by atoms with Crippen LogP contribution in [0.5, 0.6) is 0 Å². The Bertz CT molecular complexity index is 408. The third-order valence-corrected chi connectivity index (χ3v) is 4.16. The first-order valence-electron chi connectivity index (χ1n) is 6.90. The molecular formula is C16H22O2. The maximum absolute atomic E-state index is 12.1. The number of benzene rings is 1. The molecule has 1 aromatic carbocycles. The number of aryl methyl sites for hydroxylation is 1. The maximum Gasteiger partial charge on any atom is 0.139 e. The summed E-state index contributed by atoms with van der Waals surface area (Å²) in [7, 11) is 0. The van der Waals surface area contributed by atoms with Gasteiger partial charge < -0.3 is 5.11 Å². The Morgan fingerprint density at radius 1 is 1.33 bits per heavy atom. The molecule has 0 aromatic heterocycles. The predicted molar refractivity (Wildman–Crippen MR) is 72.3 cm³/mol. The Hall–Kier alpha value is -1.15. The Morgan fingerprint density at radius 3 is 2.61 bits per heavy atom. The molecule has 0 saturated heterocycles. The second kappa shape index (κ2) is 5.66. The van der Waals surface area contributed by atoms with E-state index in [0.29, 0.717) is 12.3 Å². The summed E-state index contributed by atoms with van der Waals surface area (Å²) >= 11 is 0. The molecular weight excluding hydrogens is 224 g/mol. The van der Waals surface area contributed by atoms with E-state index >= 15 is 0 Å². The van der Waals surface area contributed by atoms with Gasteiger partial charge in [-0.3, -0.25) is 4.79 Å². The lowest BCUT2D eigenvalue weighted by molar-refractivity contribution is -0.132. The zero-order valence-electron chi connectivity index (χ0n) is 11.2. The summed E-state index contributed by atoms with van der Waals surface area (Å²) in [6.07, 6.45) is 3.01. The first-order chi connectivity index (χ1) is 8.63. The summed E-state index contributed by atoms with van der Waals surface area (Å²) < 4.78 is 0. The minimum Gasteiger partial charge on any atom is -0.388 e. The molecule has 2 rings (SSSR count). The zero-order chi connectivity index (χ0) is 13.1. The molecule has 1 fully saturated rings. The average Bonchev–Trinajstić information content (AvgIpc) is 2.38. The Balaban J connectivity index is 2.22. The minimum absolute atomic E-state index is 0.202. The highest BCUT2D eigenvalue weighted by Crippen LogP contribution is 2.38. The van der Waals surface area contributed by atoms with Crippen LogP contribution in [0.1, 0.15) is 49.8 Å². The summed E-state index contributed by atoms with van der Waals surface area (Å²) in [4.78, 5) is 12.1. The van der Waals surface area contributed by atoms with Crippen molar-refractivity contribution in [3.05, 3.63) is 35.4 Å². The lowest BCUT2D eigenvalue weighted by Crippen LogP contribution is -2.33. The summed E-state index contributed by atoms with van der Waals surface area (Å²) in [5.74, 6) is 0.371. The van der Waals surface area contributed by atoms with Crippen LogP contribution in [0.2, 0.25) is 0 Å². The van der Waals surface area contributed by atoms with E-state index in [4.69, 9.17) is 0 Å². The lowest BCUT2D eigenvalue weighted by atomic mass is 9.72. The predicted octanol–water partition coefficient (Wildman–Crippen LogP) is 3.42. The van der Waals surface area contributed by atoms with Gasteiger partial charge in [-0.15, -0.1) is 0 Å². The fourth-order valence-corrected chi connectivity index (χ4v) is 3.01. The summed E-state index contributed by atoms with van der Waals surface area (Å²) in [5, 5.41) is 10.5. The third kappa shape index (κ3) is 2.64. The molecule has 2 heteroatoms. The van der Waals surface area contributed by atoms with Gasteiger partial charge in [-0.05, 0) is 31.2 Å². The summed E-state index contributed by atoms with van der Waals surface area (Å²) in [6.45, 7) is 4.13. The van der Waals surface area contributed by atoms with Gasteiger partial charge >= 0.3 is 0 Å². The number of ketones is 1. The first-order valence-corrected chi connectivity index (χ1v) is 6.90. The van der Waals surface area contributed by atoms with Crippen molar-refractivity contribution in [2.45, 2.75) is 45.6 Å². The third-order valence-electron chi connectivity index (χ3n) is 4.16. The quantitative estimate of drug-likeness (QED) is 0.887. The number of aliphatic hydroxyl groups is 1. The highest BCUT2D eigenvalue weighted by Gasteiger charge is 2.36. The van der Waals surface area contributed by atoms with Crippen LogP contribution in [0.15, 0.2) is 24.3 Å². The van der Waals surface area contributed by atoms with Crippen LogP contribution in [0.25, 0.3) is 0 Å². The molecule has 0 spiro atoms. The van der Waals surface area contributed by atoms with Crippen LogP contribution in [-0.4, -0.2) is 10.9 Å². The molecule has 3 atom stereocenters. The van der Waals surface area contributed by atoms with Crippen molar-refractivity contribution >= 4 is 5.78 Å². The van der Waals surface area contributed by atoms with E-state index in [0.717, 1.165) is 24.8 Å². The number of Topliss-reactive ketones (excluding diaryl/α,β-unsaturated/α-hetero) is 1. The largest absolute Gasteiger partial charge is 0.388 e. The van der Waals surface area contributed by atoms with Crippen LogP contribution in [0, 0.1) is 18.8 Å². The van der Waals surface area contributed by atoms with Crippen LogP contribution >= 0.6 is 0 Å². The van der Waals surface area contributed by atoms with Gasteiger partial charge in [-0.25, -0.2) is 0 Å². The van der Waals surface area contributed by atoms with E-state index in [9.17, 15) is 9.90 Å². The number of rotatable bonds is 3. The van der Waals surface area contributed by atoms with Crippen LogP contribution < -0.4 is 0 Å². The van der Waals surface area contributed by atoms with Crippen LogP contribution in [-0.2, 0) is 4.79 Å². The number of carbonyl (C=O) groups excluding carboxylic acids is 1. The second-order valence-corrected chi connectivity index (χ2v) is 5.41. The minimum atomic E-state index is -0.636. The molecule has 1 aromatic rings. The Morgan fingerprint density at radius 2 is 2.00 bits per heavy atom. The average molecular weight is 246 g/mol. The molecule has 1 aliphatic carbocycles. The van der Waals surface area contributed by atoms with Crippen molar-refractivity contribution in [1.29, 1.82) is 0 Å². The maximum atomic E-state index is 12.1. The van der Waals surface area contributed by atoms with Crippen molar-refractivity contribution < 1.29 is 9.90 Å².